The Morgan fingerprint density at radius 3 is 1.68 bits per heavy atom. The summed E-state index contributed by atoms with van der Waals surface area (Å²) in [7, 11) is 2.44. The topological polar surface area (TPSA) is 82.1 Å². The molecule has 0 aromatic heterocycles. The maximum Gasteiger partial charge on any atom is 0.411 e. The fourth-order valence-electron chi connectivity index (χ4n) is 2.58. The average Bonchev–Trinajstić information content (AvgIpc) is 2.99. The Morgan fingerprint density at radius 1 is 0.955 bits per heavy atom. The van der Waals surface area contributed by atoms with Gasteiger partial charge in [0.05, 0.1) is 37.4 Å². The molecule has 0 aromatic rings. The minimum absolute atomic E-state index is 0.118. The van der Waals surface area contributed by atoms with Crippen molar-refractivity contribution >= 4 is 18.0 Å². The Kier molecular flexibility index (Phi) is 4.00. The van der Waals surface area contributed by atoms with E-state index in [-0.39, 0.29) is 11.1 Å². The fraction of sp³-hybridized carbons (Fsp3) is 0.533. The van der Waals surface area contributed by atoms with Gasteiger partial charge in [0.15, 0.2) is 0 Å². The van der Waals surface area contributed by atoms with Crippen molar-refractivity contribution < 1.29 is 28.6 Å². The van der Waals surface area contributed by atoms with E-state index < -0.39 is 35.7 Å². The molecule has 2 bridgehead atoms. The van der Waals surface area contributed by atoms with E-state index in [9.17, 15) is 14.4 Å². The predicted octanol–water partition coefficient (Wildman–Crippen LogP) is 1.19. The summed E-state index contributed by atoms with van der Waals surface area (Å²) in [6.07, 6.45) is 2.74. The molecule has 0 radical (unpaired) electrons. The first-order chi connectivity index (χ1) is 10.2. The molecule has 2 atom stereocenters. The minimum Gasteiger partial charge on any atom is -0.466 e. The van der Waals surface area contributed by atoms with Crippen LogP contribution in [0.1, 0.15) is 20.8 Å². The van der Waals surface area contributed by atoms with Crippen molar-refractivity contribution in [2.24, 2.45) is 0 Å². The van der Waals surface area contributed by atoms with Crippen molar-refractivity contribution in [3.05, 3.63) is 23.3 Å². The molecule has 2 aliphatic rings. The van der Waals surface area contributed by atoms with Crippen LogP contribution in [0, 0.1) is 0 Å². The van der Waals surface area contributed by atoms with E-state index in [1.54, 1.807) is 32.9 Å². The molecule has 120 valence electrons. The third kappa shape index (κ3) is 2.58. The highest BCUT2D eigenvalue weighted by molar-refractivity contribution is 6.06. The number of carbonyl (C=O) groups is 3. The second-order valence-corrected chi connectivity index (χ2v) is 5.97. The summed E-state index contributed by atoms with van der Waals surface area (Å²) in [4.78, 5) is 37.7. The van der Waals surface area contributed by atoms with Crippen molar-refractivity contribution in [1.29, 1.82) is 0 Å². The molecule has 0 N–H and O–H groups in total. The number of methoxy groups -OCH3 is 2. The summed E-state index contributed by atoms with van der Waals surface area (Å²) in [5.74, 6) is -1.32. The molecule has 2 aliphatic heterocycles. The number of rotatable bonds is 2. The van der Waals surface area contributed by atoms with Crippen LogP contribution in [0.3, 0.4) is 0 Å². The minimum atomic E-state index is -0.685. The van der Waals surface area contributed by atoms with Gasteiger partial charge in [0.25, 0.3) is 0 Å². The number of hydrogen-bond acceptors (Lipinski definition) is 6. The van der Waals surface area contributed by atoms with E-state index in [1.165, 1.54) is 19.1 Å². The van der Waals surface area contributed by atoms with E-state index >= 15 is 0 Å². The van der Waals surface area contributed by atoms with Gasteiger partial charge in [-0.15, -0.1) is 0 Å². The third-order valence-corrected chi connectivity index (χ3v) is 3.37. The van der Waals surface area contributed by atoms with Crippen LogP contribution in [0.25, 0.3) is 0 Å². The van der Waals surface area contributed by atoms with Crippen LogP contribution in [0.4, 0.5) is 4.79 Å². The average molecular weight is 309 g/mol. The van der Waals surface area contributed by atoms with Gasteiger partial charge < -0.3 is 14.2 Å². The van der Waals surface area contributed by atoms with Gasteiger partial charge in [-0.2, -0.15) is 0 Å². The monoisotopic (exact) mass is 309 g/mol. The van der Waals surface area contributed by atoms with Crippen molar-refractivity contribution in [3.63, 3.8) is 0 Å². The molecule has 2 unspecified atom stereocenters. The quantitative estimate of drug-likeness (QED) is 0.433. The van der Waals surface area contributed by atoms with Crippen LogP contribution >= 0.6 is 0 Å². The molecule has 0 aromatic carbocycles. The Morgan fingerprint density at radius 2 is 1.36 bits per heavy atom. The normalized spacial score (nSPS) is 22.9. The summed E-state index contributed by atoms with van der Waals surface area (Å²) >= 11 is 0. The van der Waals surface area contributed by atoms with Gasteiger partial charge in [-0.3, -0.25) is 4.90 Å². The lowest BCUT2D eigenvalue weighted by molar-refractivity contribution is -0.139. The predicted molar refractivity (Wildman–Crippen MR) is 75.8 cm³/mol. The zero-order valence-electron chi connectivity index (χ0n) is 13.2. The van der Waals surface area contributed by atoms with Crippen molar-refractivity contribution in [2.45, 2.75) is 38.5 Å². The molecule has 0 spiro atoms. The molecule has 2 rings (SSSR count). The van der Waals surface area contributed by atoms with Gasteiger partial charge in [0.1, 0.15) is 5.60 Å². The van der Waals surface area contributed by atoms with Crippen LogP contribution in [-0.2, 0) is 23.8 Å². The number of fused-ring (bicyclic) bond motifs is 2. The molecule has 7 heteroatoms. The van der Waals surface area contributed by atoms with Crippen LogP contribution in [-0.4, -0.2) is 54.8 Å². The Balaban J connectivity index is 2.37. The lowest BCUT2D eigenvalue weighted by atomic mass is 9.97. The zero-order chi connectivity index (χ0) is 16.7. The first kappa shape index (κ1) is 16.1. The first-order valence-corrected chi connectivity index (χ1v) is 6.81. The zero-order valence-corrected chi connectivity index (χ0v) is 13.2. The summed E-state index contributed by atoms with van der Waals surface area (Å²) in [5.41, 5.74) is -0.448. The molecule has 0 saturated carbocycles. The van der Waals surface area contributed by atoms with Gasteiger partial charge in [-0.25, -0.2) is 14.4 Å². The third-order valence-electron chi connectivity index (χ3n) is 3.37. The van der Waals surface area contributed by atoms with Gasteiger partial charge in [-0.05, 0) is 20.8 Å². The smallest absolute Gasteiger partial charge is 0.411 e. The lowest BCUT2D eigenvalue weighted by Gasteiger charge is -2.28. The number of ether oxygens (including phenoxy) is 3. The van der Waals surface area contributed by atoms with Gasteiger partial charge in [0, 0.05) is 0 Å². The molecule has 0 saturated heterocycles. The van der Waals surface area contributed by atoms with E-state index in [2.05, 4.69) is 0 Å². The number of hydrogen-bond donors (Lipinski definition) is 0. The highest BCUT2D eigenvalue weighted by Crippen LogP contribution is 2.39. The van der Waals surface area contributed by atoms with Crippen molar-refractivity contribution in [2.75, 3.05) is 14.2 Å². The highest BCUT2D eigenvalue weighted by Gasteiger charge is 2.51. The highest BCUT2D eigenvalue weighted by atomic mass is 16.6. The first-order valence-electron chi connectivity index (χ1n) is 6.81. The summed E-state index contributed by atoms with van der Waals surface area (Å²) in [6, 6.07) is -1.36. The van der Waals surface area contributed by atoms with E-state index in [0.29, 0.717) is 0 Å². The van der Waals surface area contributed by atoms with Crippen molar-refractivity contribution in [1.82, 2.24) is 4.90 Å². The standard InChI is InChI=1S/C15H19NO6/c1-15(2,3)22-14(19)16-8-6-7-9(16)11(13(18)21-5)10(8)12(17)20-4/h6-9H,1-5H3. The van der Waals surface area contributed by atoms with Gasteiger partial charge in [0.2, 0.25) is 0 Å². The molecule has 1 amide bonds. The number of amides is 1. The van der Waals surface area contributed by atoms with E-state index in [0.717, 1.165) is 0 Å². The van der Waals surface area contributed by atoms with E-state index in [4.69, 9.17) is 14.2 Å². The maximum absolute atomic E-state index is 12.4. The lowest BCUT2D eigenvalue weighted by Crippen LogP contribution is -2.42. The molecule has 0 fully saturated rings. The molecular weight excluding hydrogens is 290 g/mol. The Labute approximate surface area is 128 Å². The number of nitrogens with zero attached hydrogens (tertiary/aromatic N) is 1. The van der Waals surface area contributed by atoms with Crippen LogP contribution < -0.4 is 0 Å². The van der Waals surface area contributed by atoms with Gasteiger partial charge >= 0.3 is 18.0 Å². The molecule has 0 aliphatic carbocycles. The van der Waals surface area contributed by atoms with Crippen LogP contribution in [0.2, 0.25) is 0 Å². The second-order valence-electron chi connectivity index (χ2n) is 5.97. The maximum atomic E-state index is 12.4. The molecular formula is C15H19NO6. The SMILES string of the molecule is COC(=O)C1=C(C(=O)OC)C2C=CC1N2C(=O)OC(C)(C)C. The summed E-state index contributed by atoms with van der Waals surface area (Å²) < 4.78 is 14.8. The molecule has 7 nitrogen and oxygen atoms in total. The van der Waals surface area contributed by atoms with Crippen LogP contribution in [0.15, 0.2) is 23.3 Å². The second kappa shape index (κ2) is 5.47. The number of carbonyl (C=O) groups excluding carboxylic acids is 3. The summed E-state index contributed by atoms with van der Waals surface area (Å²) in [6.45, 7) is 5.23. The van der Waals surface area contributed by atoms with Crippen molar-refractivity contribution in [3.8, 4) is 0 Å². The molecule has 22 heavy (non-hydrogen) atoms. The van der Waals surface area contributed by atoms with Crippen LogP contribution in [0.5, 0.6) is 0 Å². The Bertz CT molecular complexity index is 547. The largest absolute Gasteiger partial charge is 0.466 e. The summed E-state index contributed by atoms with van der Waals surface area (Å²) in [5, 5.41) is 0. The van der Waals surface area contributed by atoms with E-state index in [1.807, 2.05) is 0 Å². The molecule has 2 heterocycles. The Hall–Kier alpha value is -2.31. The van der Waals surface area contributed by atoms with Gasteiger partial charge in [-0.1, -0.05) is 12.2 Å². The number of esters is 2. The fourth-order valence-corrected chi connectivity index (χ4v) is 2.58.